The number of ketones is 1. The second-order valence-corrected chi connectivity index (χ2v) is 4.39. The molecule has 0 amide bonds. The second-order valence-electron chi connectivity index (χ2n) is 4.39. The number of aromatic carboxylic acids is 1. The standard InChI is InChI=1S/C13H10F3NO3/c1-6-4-3-5-7-8(11(18)13(14,15)16)10(12(19)20)17(2)9(6)7/h3-5H,1-2H3,(H,19,20). The van der Waals surface area contributed by atoms with Gasteiger partial charge in [0, 0.05) is 12.4 Å². The molecule has 0 fully saturated rings. The van der Waals surface area contributed by atoms with Crippen molar-refractivity contribution in [1.82, 2.24) is 4.57 Å². The Morgan fingerprint density at radius 2 is 1.85 bits per heavy atom. The summed E-state index contributed by atoms with van der Waals surface area (Å²) in [6.45, 7) is 1.63. The molecule has 20 heavy (non-hydrogen) atoms. The number of carboxylic acid groups (broad SMARTS) is 1. The number of hydrogen-bond donors (Lipinski definition) is 1. The summed E-state index contributed by atoms with van der Waals surface area (Å²) in [5.74, 6) is -3.72. The number of alkyl halides is 3. The van der Waals surface area contributed by atoms with Crippen molar-refractivity contribution in [1.29, 1.82) is 0 Å². The Labute approximate surface area is 111 Å². The van der Waals surface area contributed by atoms with Crippen LogP contribution in [0.1, 0.15) is 26.4 Å². The molecule has 0 saturated heterocycles. The zero-order valence-corrected chi connectivity index (χ0v) is 10.6. The van der Waals surface area contributed by atoms with Gasteiger partial charge in [0.15, 0.2) is 0 Å². The van der Waals surface area contributed by atoms with Crippen molar-refractivity contribution in [2.24, 2.45) is 7.05 Å². The first-order valence-corrected chi connectivity index (χ1v) is 5.59. The van der Waals surface area contributed by atoms with Crippen LogP contribution < -0.4 is 0 Å². The number of aryl methyl sites for hydroxylation is 2. The fourth-order valence-electron chi connectivity index (χ4n) is 2.33. The van der Waals surface area contributed by atoms with E-state index in [4.69, 9.17) is 5.11 Å². The summed E-state index contributed by atoms with van der Waals surface area (Å²) in [5.41, 5.74) is -0.575. The van der Waals surface area contributed by atoms with E-state index in [-0.39, 0.29) is 5.39 Å². The van der Waals surface area contributed by atoms with Gasteiger partial charge in [0.2, 0.25) is 0 Å². The number of carbonyl (C=O) groups excluding carboxylic acids is 1. The molecule has 106 valence electrons. The molecule has 2 rings (SSSR count). The zero-order chi connectivity index (χ0) is 15.2. The number of fused-ring (bicyclic) bond motifs is 1. The number of halogens is 3. The van der Waals surface area contributed by atoms with E-state index in [1.807, 2.05) is 0 Å². The molecule has 4 nitrogen and oxygen atoms in total. The van der Waals surface area contributed by atoms with Crippen LogP contribution in [0.15, 0.2) is 18.2 Å². The first-order chi connectivity index (χ1) is 9.16. The Hall–Kier alpha value is -2.31. The van der Waals surface area contributed by atoms with E-state index in [0.29, 0.717) is 11.1 Å². The molecule has 1 N–H and O–H groups in total. The Morgan fingerprint density at radius 1 is 1.25 bits per heavy atom. The molecular formula is C13H10F3NO3. The molecule has 0 spiro atoms. The lowest BCUT2D eigenvalue weighted by Crippen LogP contribution is -2.25. The van der Waals surface area contributed by atoms with Crippen molar-refractivity contribution in [3.05, 3.63) is 35.0 Å². The van der Waals surface area contributed by atoms with E-state index >= 15 is 0 Å². The number of rotatable bonds is 2. The summed E-state index contributed by atoms with van der Waals surface area (Å²) in [5, 5.41) is 9.11. The lowest BCUT2D eigenvalue weighted by atomic mass is 10.0. The number of Topliss-reactive ketones (excluding diaryl/α,β-unsaturated/α-hetero) is 1. The quantitative estimate of drug-likeness (QED) is 0.863. The predicted octanol–water partition coefficient (Wildman–Crippen LogP) is 2.93. The largest absolute Gasteiger partial charge is 0.477 e. The zero-order valence-electron chi connectivity index (χ0n) is 10.6. The van der Waals surface area contributed by atoms with E-state index in [1.54, 1.807) is 13.0 Å². The fourth-order valence-corrected chi connectivity index (χ4v) is 2.33. The third-order valence-electron chi connectivity index (χ3n) is 3.10. The number of aromatic nitrogens is 1. The van der Waals surface area contributed by atoms with Gasteiger partial charge < -0.3 is 9.67 Å². The van der Waals surface area contributed by atoms with Crippen LogP contribution in [0.2, 0.25) is 0 Å². The van der Waals surface area contributed by atoms with Crippen molar-refractivity contribution in [2.45, 2.75) is 13.1 Å². The lowest BCUT2D eigenvalue weighted by molar-refractivity contribution is -0.0884. The van der Waals surface area contributed by atoms with Crippen LogP contribution in [-0.2, 0) is 7.05 Å². The highest BCUT2D eigenvalue weighted by Gasteiger charge is 2.43. The number of benzene rings is 1. The Bertz CT molecular complexity index is 729. The molecule has 2 aromatic rings. The van der Waals surface area contributed by atoms with Gasteiger partial charge in [-0.2, -0.15) is 13.2 Å². The number of nitrogens with zero attached hydrogens (tertiary/aromatic N) is 1. The maximum absolute atomic E-state index is 12.7. The van der Waals surface area contributed by atoms with Crippen LogP contribution in [0, 0.1) is 6.92 Å². The van der Waals surface area contributed by atoms with Crippen molar-refractivity contribution in [3.8, 4) is 0 Å². The van der Waals surface area contributed by atoms with Crippen LogP contribution in [0.4, 0.5) is 13.2 Å². The van der Waals surface area contributed by atoms with E-state index < -0.39 is 29.2 Å². The molecule has 0 saturated carbocycles. The van der Waals surface area contributed by atoms with Gasteiger partial charge in [-0.3, -0.25) is 4.79 Å². The van der Waals surface area contributed by atoms with Crippen LogP contribution >= 0.6 is 0 Å². The van der Waals surface area contributed by atoms with Crippen LogP contribution in [-0.4, -0.2) is 27.6 Å². The van der Waals surface area contributed by atoms with E-state index in [9.17, 15) is 22.8 Å². The second kappa shape index (κ2) is 4.36. The summed E-state index contributed by atoms with van der Waals surface area (Å²) in [6, 6.07) is 4.43. The molecule has 1 aromatic carbocycles. The van der Waals surface area contributed by atoms with Crippen molar-refractivity contribution in [2.75, 3.05) is 0 Å². The summed E-state index contributed by atoms with van der Waals surface area (Å²) >= 11 is 0. The predicted molar refractivity (Wildman–Crippen MR) is 65.0 cm³/mol. The van der Waals surface area contributed by atoms with Crippen LogP contribution in [0.5, 0.6) is 0 Å². The molecule has 0 aliphatic heterocycles. The van der Waals surface area contributed by atoms with Gasteiger partial charge in [0.1, 0.15) is 5.69 Å². The lowest BCUT2D eigenvalue weighted by Gasteiger charge is -2.05. The van der Waals surface area contributed by atoms with Gasteiger partial charge in [-0.15, -0.1) is 0 Å². The first kappa shape index (κ1) is 14.1. The normalized spacial score (nSPS) is 11.8. The number of hydrogen-bond acceptors (Lipinski definition) is 2. The Morgan fingerprint density at radius 3 is 2.35 bits per heavy atom. The van der Waals surface area contributed by atoms with Crippen molar-refractivity contribution >= 4 is 22.7 Å². The van der Waals surface area contributed by atoms with Crippen LogP contribution in [0.3, 0.4) is 0 Å². The Kier molecular flexibility index (Phi) is 3.08. The number of para-hydroxylation sites is 1. The molecule has 0 unspecified atom stereocenters. The molecular weight excluding hydrogens is 275 g/mol. The molecule has 0 atom stereocenters. The first-order valence-electron chi connectivity index (χ1n) is 5.59. The van der Waals surface area contributed by atoms with Crippen molar-refractivity contribution < 1.29 is 27.9 Å². The fraction of sp³-hybridized carbons (Fsp3) is 0.231. The average Bonchev–Trinajstić information content (AvgIpc) is 2.61. The van der Waals surface area contributed by atoms with E-state index in [1.165, 1.54) is 19.2 Å². The molecule has 0 bridgehead atoms. The number of carbonyl (C=O) groups is 2. The van der Waals surface area contributed by atoms with Gasteiger partial charge in [-0.05, 0) is 12.5 Å². The molecule has 7 heteroatoms. The molecule has 1 aromatic heterocycles. The highest BCUT2D eigenvalue weighted by Crippen LogP contribution is 2.32. The van der Waals surface area contributed by atoms with E-state index in [2.05, 4.69) is 0 Å². The molecule has 0 aliphatic carbocycles. The molecule has 0 radical (unpaired) electrons. The van der Waals surface area contributed by atoms with Crippen LogP contribution in [0.25, 0.3) is 10.9 Å². The summed E-state index contributed by atoms with van der Waals surface area (Å²) in [7, 11) is 1.33. The van der Waals surface area contributed by atoms with Crippen molar-refractivity contribution in [3.63, 3.8) is 0 Å². The van der Waals surface area contributed by atoms with Gasteiger partial charge in [-0.1, -0.05) is 18.2 Å². The van der Waals surface area contributed by atoms with Gasteiger partial charge in [-0.25, -0.2) is 4.79 Å². The third kappa shape index (κ3) is 1.95. The van der Waals surface area contributed by atoms with Gasteiger partial charge in [0.05, 0.1) is 11.1 Å². The SMILES string of the molecule is Cc1cccc2c(C(=O)C(F)(F)F)c(C(=O)O)n(C)c12. The molecule has 0 aliphatic rings. The Balaban J connectivity index is 2.95. The summed E-state index contributed by atoms with van der Waals surface area (Å²) in [4.78, 5) is 22.7. The topological polar surface area (TPSA) is 59.3 Å². The molecule has 1 heterocycles. The maximum atomic E-state index is 12.7. The van der Waals surface area contributed by atoms with Gasteiger partial charge >= 0.3 is 12.1 Å². The average molecular weight is 285 g/mol. The minimum absolute atomic E-state index is 0.00720. The monoisotopic (exact) mass is 285 g/mol. The minimum Gasteiger partial charge on any atom is -0.477 e. The smallest absolute Gasteiger partial charge is 0.454 e. The maximum Gasteiger partial charge on any atom is 0.454 e. The van der Waals surface area contributed by atoms with E-state index in [0.717, 1.165) is 4.57 Å². The summed E-state index contributed by atoms with van der Waals surface area (Å²) < 4.78 is 39.1. The highest BCUT2D eigenvalue weighted by atomic mass is 19.4. The third-order valence-corrected chi connectivity index (χ3v) is 3.10. The van der Waals surface area contributed by atoms with Gasteiger partial charge in [0.25, 0.3) is 5.78 Å². The number of carboxylic acids is 1. The highest BCUT2D eigenvalue weighted by molar-refractivity contribution is 6.17. The minimum atomic E-state index is -5.12. The summed E-state index contributed by atoms with van der Waals surface area (Å²) in [6.07, 6.45) is -5.12.